The number of aryl methyl sites for hydroxylation is 1. The second-order valence-corrected chi connectivity index (χ2v) is 8.06. The van der Waals surface area contributed by atoms with E-state index in [0.717, 1.165) is 38.2 Å². The summed E-state index contributed by atoms with van der Waals surface area (Å²) in [5.41, 5.74) is 2.15. The van der Waals surface area contributed by atoms with Crippen molar-refractivity contribution in [3.8, 4) is 17.3 Å². The molecule has 1 fully saturated rings. The first-order valence-corrected chi connectivity index (χ1v) is 11.0. The van der Waals surface area contributed by atoms with Crippen LogP contribution < -0.4 is 15.0 Å². The fourth-order valence-corrected chi connectivity index (χ4v) is 4.07. The number of ether oxygens (including phenoxy) is 2. The summed E-state index contributed by atoms with van der Waals surface area (Å²) in [7, 11) is 0. The molecule has 2 aliphatic rings. The number of carbonyl (C=O) groups is 1. The number of amides is 1. The minimum atomic E-state index is -0.259. The van der Waals surface area contributed by atoms with E-state index in [1.54, 1.807) is 12.4 Å². The van der Waals surface area contributed by atoms with Crippen molar-refractivity contribution in [2.75, 3.05) is 36.5 Å². The summed E-state index contributed by atoms with van der Waals surface area (Å²) in [5.74, 6) is 1.45. The zero-order valence-electron chi connectivity index (χ0n) is 18.0. The van der Waals surface area contributed by atoms with Gasteiger partial charge in [-0.05, 0) is 50.1 Å². The van der Waals surface area contributed by atoms with Crippen molar-refractivity contribution < 1.29 is 14.3 Å². The molecule has 1 amide bonds. The Morgan fingerprint density at radius 1 is 1.12 bits per heavy atom. The molecule has 1 saturated heterocycles. The van der Waals surface area contributed by atoms with Crippen molar-refractivity contribution in [2.45, 2.75) is 32.4 Å². The maximum Gasteiger partial charge on any atom is 0.260 e. The van der Waals surface area contributed by atoms with Crippen LogP contribution in [0.2, 0.25) is 0 Å². The van der Waals surface area contributed by atoms with Gasteiger partial charge in [-0.2, -0.15) is 0 Å². The molecular weight excluding hydrogens is 408 g/mol. The van der Waals surface area contributed by atoms with E-state index in [9.17, 15) is 4.79 Å². The third kappa shape index (κ3) is 4.29. The highest BCUT2D eigenvalue weighted by atomic mass is 16.5. The summed E-state index contributed by atoms with van der Waals surface area (Å²) >= 11 is 0. The monoisotopic (exact) mass is 434 g/mol. The van der Waals surface area contributed by atoms with Crippen LogP contribution in [0.25, 0.3) is 11.5 Å². The summed E-state index contributed by atoms with van der Waals surface area (Å²) in [6.07, 6.45) is 3.38. The Balaban J connectivity index is 1.52. The number of anilines is 2. The molecule has 2 aliphatic heterocycles. The number of fused-ring (bicyclic) bond motifs is 5. The van der Waals surface area contributed by atoms with Crippen LogP contribution >= 0.6 is 0 Å². The first kappa shape index (κ1) is 20.4. The smallest absolute Gasteiger partial charge is 0.260 e. The van der Waals surface area contributed by atoms with Gasteiger partial charge in [0.05, 0.1) is 24.9 Å². The molecule has 1 N–H and O–H groups in total. The first-order valence-electron chi connectivity index (χ1n) is 11.0. The maximum absolute atomic E-state index is 13.3. The number of rotatable bonds is 1. The summed E-state index contributed by atoms with van der Waals surface area (Å²) in [4.78, 5) is 20.1. The lowest BCUT2D eigenvalue weighted by Gasteiger charge is -2.29. The molecule has 166 valence electrons. The Labute approximate surface area is 186 Å². The normalized spacial score (nSPS) is 19.2. The second kappa shape index (κ2) is 8.96. The van der Waals surface area contributed by atoms with Crippen LogP contribution in [0.1, 0.15) is 30.1 Å². The number of hydrogen-bond acceptors (Lipinski definition) is 7. The molecule has 0 saturated carbocycles. The van der Waals surface area contributed by atoms with Crippen LogP contribution in [-0.4, -0.2) is 58.1 Å². The van der Waals surface area contributed by atoms with E-state index in [2.05, 4.69) is 25.4 Å². The lowest BCUT2D eigenvalue weighted by Crippen LogP contribution is -2.36. The summed E-state index contributed by atoms with van der Waals surface area (Å²) < 4.78 is 13.7. The van der Waals surface area contributed by atoms with E-state index >= 15 is 0 Å². The van der Waals surface area contributed by atoms with Crippen molar-refractivity contribution in [3.63, 3.8) is 0 Å². The predicted molar refractivity (Wildman–Crippen MR) is 120 cm³/mol. The van der Waals surface area contributed by atoms with Gasteiger partial charge in [0.25, 0.3) is 5.91 Å². The van der Waals surface area contributed by atoms with Gasteiger partial charge in [0.2, 0.25) is 0 Å². The third-order valence-corrected chi connectivity index (χ3v) is 5.76. The summed E-state index contributed by atoms with van der Waals surface area (Å²) in [6.45, 7) is 5.73. The summed E-state index contributed by atoms with van der Waals surface area (Å²) in [6, 6.07) is 11.3. The van der Waals surface area contributed by atoms with Gasteiger partial charge in [0.1, 0.15) is 23.6 Å². The number of morpholine rings is 1. The highest BCUT2D eigenvalue weighted by Gasteiger charge is 2.21. The number of nitrogens with zero attached hydrogens (tertiary/aromatic N) is 5. The zero-order chi connectivity index (χ0) is 21.9. The molecule has 4 heterocycles. The molecule has 1 aromatic carbocycles. The van der Waals surface area contributed by atoms with E-state index in [0.29, 0.717) is 41.9 Å². The molecule has 9 nitrogen and oxygen atoms in total. The Morgan fingerprint density at radius 2 is 2.00 bits per heavy atom. The van der Waals surface area contributed by atoms with Gasteiger partial charge in [0, 0.05) is 25.3 Å². The molecule has 2 bridgehead atoms. The van der Waals surface area contributed by atoms with Gasteiger partial charge in [-0.25, -0.2) is 4.98 Å². The highest BCUT2D eigenvalue weighted by molar-refractivity contribution is 6.06. The molecule has 0 radical (unpaired) electrons. The van der Waals surface area contributed by atoms with Gasteiger partial charge in [-0.1, -0.05) is 6.07 Å². The van der Waals surface area contributed by atoms with Gasteiger partial charge < -0.3 is 24.3 Å². The zero-order valence-corrected chi connectivity index (χ0v) is 18.0. The number of pyridine rings is 1. The Bertz CT molecular complexity index is 1110. The Hall–Kier alpha value is -3.46. The number of benzene rings is 1. The van der Waals surface area contributed by atoms with E-state index in [4.69, 9.17) is 9.47 Å². The van der Waals surface area contributed by atoms with Crippen molar-refractivity contribution in [1.82, 2.24) is 19.7 Å². The SMILES string of the molecule is CC1CCCn2cnnc2-c2cccc(n2)NC(=O)c2cc(N3CCOCC3)ccc2O1. The molecular formula is C23H26N6O3. The van der Waals surface area contributed by atoms with Crippen molar-refractivity contribution in [2.24, 2.45) is 0 Å². The molecule has 0 aliphatic carbocycles. The van der Waals surface area contributed by atoms with Gasteiger partial charge in [0.15, 0.2) is 5.82 Å². The highest BCUT2D eigenvalue weighted by Crippen LogP contribution is 2.29. The van der Waals surface area contributed by atoms with E-state index in [1.165, 1.54) is 0 Å². The Kier molecular flexibility index (Phi) is 5.72. The first-order chi connectivity index (χ1) is 15.7. The van der Waals surface area contributed by atoms with Crippen molar-refractivity contribution in [1.29, 1.82) is 0 Å². The fourth-order valence-electron chi connectivity index (χ4n) is 4.07. The molecule has 1 unspecified atom stereocenters. The molecule has 0 spiro atoms. The van der Waals surface area contributed by atoms with Crippen LogP contribution in [0.5, 0.6) is 5.75 Å². The predicted octanol–water partition coefficient (Wildman–Crippen LogP) is 2.99. The molecule has 9 heteroatoms. The maximum atomic E-state index is 13.3. The van der Waals surface area contributed by atoms with Gasteiger partial charge in [-0.3, -0.25) is 4.79 Å². The molecule has 5 rings (SSSR count). The van der Waals surface area contributed by atoms with Crippen LogP contribution in [0.15, 0.2) is 42.7 Å². The quantitative estimate of drug-likeness (QED) is 0.629. The average Bonchev–Trinajstić information content (AvgIpc) is 3.28. The molecule has 1 atom stereocenters. The van der Waals surface area contributed by atoms with E-state index in [1.807, 2.05) is 41.8 Å². The van der Waals surface area contributed by atoms with Gasteiger partial charge >= 0.3 is 0 Å². The third-order valence-electron chi connectivity index (χ3n) is 5.76. The number of hydrogen-bond donors (Lipinski definition) is 1. The molecule has 32 heavy (non-hydrogen) atoms. The average molecular weight is 435 g/mol. The second-order valence-electron chi connectivity index (χ2n) is 8.06. The molecule has 3 aromatic rings. The van der Waals surface area contributed by atoms with Gasteiger partial charge in [-0.15, -0.1) is 10.2 Å². The Morgan fingerprint density at radius 3 is 2.88 bits per heavy atom. The minimum absolute atomic E-state index is 0.0467. The fraction of sp³-hybridized carbons (Fsp3) is 0.391. The van der Waals surface area contributed by atoms with Crippen molar-refractivity contribution in [3.05, 3.63) is 48.3 Å². The van der Waals surface area contributed by atoms with Crippen LogP contribution in [0, 0.1) is 0 Å². The lowest BCUT2D eigenvalue weighted by atomic mass is 10.1. The largest absolute Gasteiger partial charge is 0.490 e. The number of carbonyl (C=O) groups excluding carboxylic acids is 1. The standard InChI is InChI=1S/C23H26N6O3/c1-16-4-3-9-29-15-24-27-22(29)19-5-2-6-21(25-19)26-23(30)18-14-17(7-8-20(18)32-16)28-10-12-31-13-11-28/h2,5-8,14-16H,3-4,9-13H2,1H3,(H,25,26,30). The number of nitrogens with one attached hydrogen (secondary N) is 1. The molecule has 2 aromatic heterocycles. The van der Waals surface area contributed by atoms with Crippen molar-refractivity contribution >= 4 is 17.4 Å². The topological polar surface area (TPSA) is 94.4 Å². The minimum Gasteiger partial charge on any atom is -0.490 e. The van der Waals surface area contributed by atoms with Crippen LogP contribution in [0.3, 0.4) is 0 Å². The van der Waals surface area contributed by atoms with Crippen LogP contribution in [-0.2, 0) is 11.3 Å². The van der Waals surface area contributed by atoms with Crippen LogP contribution in [0.4, 0.5) is 11.5 Å². The van der Waals surface area contributed by atoms with E-state index < -0.39 is 0 Å². The van der Waals surface area contributed by atoms with E-state index in [-0.39, 0.29) is 12.0 Å². The summed E-state index contributed by atoms with van der Waals surface area (Å²) in [5, 5.41) is 11.2. The lowest BCUT2D eigenvalue weighted by molar-refractivity contribution is 0.101. The number of aromatic nitrogens is 4.